The molecule has 1 aliphatic heterocycles. The van der Waals surface area contributed by atoms with Crippen LogP contribution in [0.1, 0.15) is 36.5 Å². The molecule has 1 aliphatic carbocycles. The summed E-state index contributed by atoms with van der Waals surface area (Å²) in [6.07, 6.45) is 2.00. The molecule has 1 aromatic rings. The Balaban J connectivity index is 2.34. The molecule has 0 saturated carbocycles. The summed E-state index contributed by atoms with van der Waals surface area (Å²) < 4.78 is 0. The van der Waals surface area contributed by atoms with Gasteiger partial charge in [-0.25, -0.2) is 0 Å². The predicted molar refractivity (Wildman–Crippen MR) is 61.9 cm³/mol. The zero-order valence-electron chi connectivity index (χ0n) is 8.41. The molecule has 2 aliphatic rings. The average Bonchev–Trinajstić information content (AvgIpc) is 2.16. The molecule has 2 heteroatoms. The van der Waals surface area contributed by atoms with Crippen molar-refractivity contribution in [3.63, 3.8) is 0 Å². The standard InChI is InChI=1S/C12H13NS/c1-12(2)8-6-13-5-7-3-4-9(14)11(12)10(7)8/h3-5,8,14H,6H2,1-2H3. The predicted octanol–water partition coefficient (Wildman–Crippen LogP) is 2.78. The molecule has 0 aromatic heterocycles. The molecule has 1 unspecified atom stereocenters. The maximum absolute atomic E-state index is 4.54. The number of aliphatic imine (C=N–C) groups is 1. The van der Waals surface area contributed by atoms with Crippen molar-refractivity contribution in [2.75, 3.05) is 6.54 Å². The van der Waals surface area contributed by atoms with E-state index in [1.165, 1.54) is 16.7 Å². The van der Waals surface area contributed by atoms with Crippen LogP contribution in [0.25, 0.3) is 0 Å². The van der Waals surface area contributed by atoms with Crippen LogP contribution in [0.15, 0.2) is 22.0 Å². The first-order valence-corrected chi connectivity index (χ1v) is 5.43. The highest BCUT2D eigenvalue weighted by Crippen LogP contribution is 2.55. The van der Waals surface area contributed by atoms with E-state index in [1.807, 2.05) is 6.21 Å². The zero-order chi connectivity index (χ0) is 9.92. The Bertz CT molecular complexity index is 446. The van der Waals surface area contributed by atoms with E-state index in [-0.39, 0.29) is 5.41 Å². The molecule has 0 saturated heterocycles. The molecule has 0 radical (unpaired) electrons. The van der Waals surface area contributed by atoms with E-state index in [9.17, 15) is 0 Å². The van der Waals surface area contributed by atoms with Crippen LogP contribution >= 0.6 is 12.6 Å². The van der Waals surface area contributed by atoms with Gasteiger partial charge in [0.15, 0.2) is 0 Å². The zero-order valence-corrected chi connectivity index (χ0v) is 9.31. The largest absolute Gasteiger partial charge is 0.292 e. The molecule has 0 fully saturated rings. The lowest BCUT2D eigenvalue weighted by molar-refractivity contribution is 0.343. The van der Waals surface area contributed by atoms with Gasteiger partial charge in [0, 0.05) is 23.6 Å². The number of benzene rings is 1. The molecule has 1 aromatic carbocycles. The summed E-state index contributed by atoms with van der Waals surface area (Å²) >= 11 is 4.54. The minimum atomic E-state index is 0.264. The summed E-state index contributed by atoms with van der Waals surface area (Å²) in [5.74, 6) is 0.615. The molecule has 0 amide bonds. The second-order valence-electron chi connectivity index (χ2n) is 4.73. The minimum Gasteiger partial charge on any atom is -0.292 e. The van der Waals surface area contributed by atoms with E-state index in [0.717, 1.165) is 11.4 Å². The first kappa shape index (κ1) is 8.54. The average molecular weight is 203 g/mol. The van der Waals surface area contributed by atoms with E-state index < -0.39 is 0 Å². The number of rotatable bonds is 0. The minimum absolute atomic E-state index is 0.264. The number of hydrogen-bond acceptors (Lipinski definition) is 2. The van der Waals surface area contributed by atoms with Crippen LogP contribution in [0.3, 0.4) is 0 Å². The van der Waals surface area contributed by atoms with Crippen molar-refractivity contribution in [2.45, 2.75) is 30.1 Å². The van der Waals surface area contributed by atoms with Gasteiger partial charge in [-0.15, -0.1) is 12.6 Å². The van der Waals surface area contributed by atoms with E-state index in [2.05, 4.69) is 43.6 Å². The van der Waals surface area contributed by atoms with Crippen molar-refractivity contribution in [2.24, 2.45) is 4.99 Å². The van der Waals surface area contributed by atoms with Gasteiger partial charge >= 0.3 is 0 Å². The maximum atomic E-state index is 4.54. The molecule has 0 N–H and O–H groups in total. The van der Waals surface area contributed by atoms with Crippen molar-refractivity contribution in [3.05, 3.63) is 28.8 Å². The van der Waals surface area contributed by atoms with E-state index in [0.29, 0.717) is 5.92 Å². The van der Waals surface area contributed by atoms with Gasteiger partial charge in [-0.2, -0.15) is 0 Å². The molecular weight excluding hydrogens is 190 g/mol. The lowest BCUT2D eigenvalue weighted by atomic mass is 9.56. The molecule has 14 heavy (non-hydrogen) atoms. The third kappa shape index (κ3) is 0.806. The Labute approximate surface area is 89.7 Å². The second kappa shape index (κ2) is 2.43. The van der Waals surface area contributed by atoms with Crippen LogP contribution in [0, 0.1) is 0 Å². The van der Waals surface area contributed by atoms with Gasteiger partial charge in [0.2, 0.25) is 0 Å². The Morgan fingerprint density at radius 3 is 3.00 bits per heavy atom. The van der Waals surface area contributed by atoms with Crippen molar-refractivity contribution in [1.82, 2.24) is 0 Å². The summed E-state index contributed by atoms with van der Waals surface area (Å²) in [7, 11) is 0. The van der Waals surface area contributed by atoms with Crippen LogP contribution in [0.2, 0.25) is 0 Å². The Morgan fingerprint density at radius 2 is 2.21 bits per heavy atom. The summed E-state index contributed by atoms with van der Waals surface area (Å²) in [6.45, 7) is 5.54. The maximum Gasteiger partial charge on any atom is 0.0466 e. The summed E-state index contributed by atoms with van der Waals surface area (Å²) in [5, 5.41) is 0. The van der Waals surface area contributed by atoms with Gasteiger partial charge in [0.05, 0.1) is 0 Å². The topological polar surface area (TPSA) is 12.4 Å². The molecule has 0 bridgehead atoms. The fraction of sp³-hybridized carbons (Fsp3) is 0.417. The molecule has 3 rings (SSSR count). The molecule has 1 atom stereocenters. The summed E-state index contributed by atoms with van der Waals surface area (Å²) in [5.41, 5.74) is 4.50. The summed E-state index contributed by atoms with van der Waals surface area (Å²) in [4.78, 5) is 5.56. The van der Waals surface area contributed by atoms with E-state index in [1.54, 1.807) is 0 Å². The lowest BCUT2D eigenvalue weighted by Crippen LogP contribution is -2.43. The van der Waals surface area contributed by atoms with Gasteiger partial charge < -0.3 is 0 Å². The Kier molecular flexibility index (Phi) is 1.48. The Hall–Kier alpha value is -0.760. The van der Waals surface area contributed by atoms with Crippen molar-refractivity contribution >= 4 is 18.8 Å². The number of thiol groups is 1. The highest BCUT2D eigenvalue weighted by atomic mass is 32.1. The molecule has 1 heterocycles. The quantitative estimate of drug-likeness (QED) is 0.623. The fourth-order valence-electron chi connectivity index (χ4n) is 2.82. The Morgan fingerprint density at radius 1 is 1.43 bits per heavy atom. The number of nitrogens with zero attached hydrogens (tertiary/aromatic N) is 1. The van der Waals surface area contributed by atoms with Gasteiger partial charge in [0.1, 0.15) is 0 Å². The van der Waals surface area contributed by atoms with E-state index in [4.69, 9.17) is 0 Å². The number of hydrogen-bond donors (Lipinski definition) is 1. The molecular formula is C12H13NS. The first-order chi connectivity index (χ1) is 6.62. The SMILES string of the molecule is CC1(C)c2c(S)ccc3c2C1CN=C3. The van der Waals surface area contributed by atoms with E-state index >= 15 is 0 Å². The van der Waals surface area contributed by atoms with Crippen LogP contribution in [0.5, 0.6) is 0 Å². The van der Waals surface area contributed by atoms with Gasteiger partial charge in [0.25, 0.3) is 0 Å². The monoisotopic (exact) mass is 203 g/mol. The first-order valence-electron chi connectivity index (χ1n) is 4.98. The lowest BCUT2D eigenvalue weighted by Gasteiger charge is -2.49. The van der Waals surface area contributed by atoms with Crippen LogP contribution < -0.4 is 0 Å². The van der Waals surface area contributed by atoms with Gasteiger partial charge in [-0.1, -0.05) is 19.9 Å². The highest BCUT2D eigenvalue weighted by molar-refractivity contribution is 7.80. The van der Waals surface area contributed by atoms with Gasteiger partial charge in [-0.05, 0) is 28.2 Å². The van der Waals surface area contributed by atoms with Crippen LogP contribution in [-0.2, 0) is 5.41 Å². The van der Waals surface area contributed by atoms with Crippen LogP contribution in [-0.4, -0.2) is 12.8 Å². The summed E-state index contributed by atoms with van der Waals surface area (Å²) in [6, 6.07) is 4.22. The van der Waals surface area contributed by atoms with Crippen molar-refractivity contribution < 1.29 is 0 Å². The van der Waals surface area contributed by atoms with Gasteiger partial charge in [-0.3, -0.25) is 4.99 Å². The third-order valence-electron chi connectivity index (χ3n) is 3.64. The normalized spacial score (nSPS) is 25.5. The molecule has 1 nitrogen and oxygen atoms in total. The smallest absolute Gasteiger partial charge is 0.0466 e. The van der Waals surface area contributed by atoms with Crippen molar-refractivity contribution in [3.8, 4) is 0 Å². The second-order valence-corrected chi connectivity index (χ2v) is 5.21. The fourth-order valence-corrected chi connectivity index (χ4v) is 3.31. The molecule has 72 valence electrons. The highest BCUT2D eigenvalue weighted by Gasteiger charge is 2.47. The van der Waals surface area contributed by atoms with Crippen LogP contribution in [0.4, 0.5) is 0 Å². The third-order valence-corrected chi connectivity index (χ3v) is 4.01. The van der Waals surface area contributed by atoms with Crippen molar-refractivity contribution in [1.29, 1.82) is 0 Å². The molecule has 0 spiro atoms.